The molecule has 1 amide bonds. The highest BCUT2D eigenvalue weighted by Crippen LogP contribution is 2.35. The smallest absolute Gasteiger partial charge is 0.369 e. The van der Waals surface area contributed by atoms with Crippen LogP contribution in [-0.2, 0) is 27.4 Å². The Morgan fingerprint density at radius 1 is 1.27 bits per heavy atom. The number of nitrogens with one attached hydrogen (secondary N) is 3. The van der Waals surface area contributed by atoms with Gasteiger partial charge < -0.3 is 16.0 Å². The summed E-state index contributed by atoms with van der Waals surface area (Å²) >= 11 is 0. The Labute approximate surface area is 188 Å². The van der Waals surface area contributed by atoms with Gasteiger partial charge in [0.05, 0.1) is 11.7 Å². The van der Waals surface area contributed by atoms with E-state index in [9.17, 15) is 26.4 Å². The number of carbonyl (C=O) groups is 1. The van der Waals surface area contributed by atoms with Gasteiger partial charge in [-0.15, -0.1) is 0 Å². The summed E-state index contributed by atoms with van der Waals surface area (Å²) < 4.78 is 65.8. The van der Waals surface area contributed by atoms with E-state index < -0.39 is 27.6 Å². The van der Waals surface area contributed by atoms with Crippen LogP contribution in [0.5, 0.6) is 0 Å². The number of fused-ring (bicyclic) bond motifs is 1. The van der Waals surface area contributed by atoms with Crippen molar-refractivity contribution < 1.29 is 26.4 Å². The van der Waals surface area contributed by atoms with Crippen molar-refractivity contribution >= 4 is 39.1 Å². The molecule has 1 aliphatic heterocycles. The predicted molar refractivity (Wildman–Crippen MR) is 117 cm³/mol. The van der Waals surface area contributed by atoms with E-state index >= 15 is 0 Å². The average Bonchev–Trinajstić information content (AvgIpc) is 3.53. The maximum Gasteiger partial charge on any atom is 0.421 e. The summed E-state index contributed by atoms with van der Waals surface area (Å²) in [6.45, 7) is 0.280. The highest BCUT2D eigenvalue weighted by atomic mass is 32.2. The summed E-state index contributed by atoms with van der Waals surface area (Å²) in [4.78, 5) is 19.2. The SMILES string of the molecule is CN(CCCNc1nc(Nc2ccc3c(c2)CC(=O)N3)ncc1C(F)(F)F)S(=O)(=O)C1CC1. The lowest BCUT2D eigenvalue weighted by molar-refractivity contribution is -0.137. The average molecular weight is 485 g/mol. The van der Waals surface area contributed by atoms with Crippen LogP contribution < -0.4 is 16.0 Å². The molecule has 0 saturated heterocycles. The quantitative estimate of drug-likeness (QED) is 0.469. The van der Waals surface area contributed by atoms with Crippen molar-refractivity contribution in [2.75, 3.05) is 36.1 Å². The number of hydrogen-bond donors (Lipinski definition) is 3. The van der Waals surface area contributed by atoms with Gasteiger partial charge in [-0.05, 0) is 43.0 Å². The van der Waals surface area contributed by atoms with E-state index in [1.165, 1.54) is 11.4 Å². The Morgan fingerprint density at radius 3 is 2.73 bits per heavy atom. The van der Waals surface area contributed by atoms with Gasteiger partial charge in [0.1, 0.15) is 11.4 Å². The van der Waals surface area contributed by atoms with Gasteiger partial charge in [0.2, 0.25) is 21.9 Å². The van der Waals surface area contributed by atoms with Gasteiger partial charge in [-0.2, -0.15) is 18.2 Å². The summed E-state index contributed by atoms with van der Waals surface area (Å²) in [6.07, 6.45) is -2.15. The standard InChI is InChI=1S/C20H23F3N6O3S/c1-29(33(31,32)14-4-5-14)8-2-7-24-18-15(20(21,22)23)11-25-19(28-18)26-13-3-6-16-12(9-13)10-17(30)27-16/h3,6,9,11,14H,2,4-5,7-8,10H2,1H3,(H,27,30)(H2,24,25,26,28). The molecule has 2 aliphatic rings. The molecule has 4 rings (SSSR count). The Morgan fingerprint density at radius 2 is 2.03 bits per heavy atom. The minimum absolute atomic E-state index is 0.0452. The normalized spacial score (nSPS) is 16.0. The van der Waals surface area contributed by atoms with E-state index in [0.29, 0.717) is 36.8 Å². The Kier molecular flexibility index (Phi) is 6.18. The number of anilines is 4. The van der Waals surface area contributed by atoms with E-state index in [4.69, 9.17) is 0 Å². The molecular formula is C20H23F3N6O3S. The largest absolute Gasteiger partial charge is 0.421 e. The number of halogens is 3. The number of carbonyl (C=O) groups excluding carboxylic acids is 1. The van der Waals surface area contributed by atoms with Crippen LogP contribution in [0.3, 0.4) is 0 Å². The van der Waals surface area contributed by atoms with Gasteiger partial charge in [0.15, 0.2) is 0 Å². The van der Waals surface area contributed by atoms with E-state index in [-0.39, 0.29) is 36.6 Å². The molecule has 0 unspecified atom stereocenters. The van der Waals surface area contributed by atoms with Crippen molar-refractivity contribution in [3.63, 3.8) is 0 Å². The number of benzene rings is 1. The molecule has 178 valence electrons. The summed E-state index contributed by atoms with van der Waals surface area (Å²) in [7, 11) is -1.85. The van der Waals surface area contributed by atoms with Crippen LogP contribution in [-0.4, -0.2) is 54.0 Å². The van der Waals surface area contributed by atoms with Crippen LogP contribution in [0.25, 0.3) is 0 Å². The molecule has 9 nitrogen and oxygen atoms in total. The molecule has 0 bridgehead atoms. The number of sulfonamides is 1. The fourth-order valence-electron chi connectivity index (χ4n) is 3.48. The number of aromatic nitrogens is 2. The fourth-order valence-corrected chi connectivity index (χ4v) is 5.10. The monoisotopic (exact) mass is 484 g/mol. The third kappa shape index (κ3) is 5.36. The van der Waals surface area contributed by atoms with E-state index in [1.54, 1.807) is 18.2 Å². The molecule has 33 heavy (non-hydrogen) atoms. The highest BCUT2D eigenvalue weighted by Gasteiger charge is 2.38. The lowest BCUT2D eigenvalue weighted by Crippen LogP contribution is -2.31. The van der Waals surface area contributed by atoms with Crippen LogP contribution in [0, 0.1) is 0 Å². The molecule has 1 fully saturated rings. The first-order chi connectivity index (χ1) is 15.5. The molecule has 2 heterocycles. The maximum atomic E-state index is 13.4. The zero-order valence-electron chi connectivity index (χ0n) is 17.7. The molecule has 2 aromatic rings. The fraction of sp³-hybridized carbons (Fsp3) is 0.450. The van der Waals surface area contributed by atoms with Crippen LogP contribution in [0.2, 0.25) is 0 Å². The number of hydrogen-bond acceptors (Lipinski definition) is 7. The molecule has 0 atom stereocenters. The second kappa shape index (κ2) is 8.78. The van der Waals surface area contributed by atoms with Gasteiger partial charge in [-0.3, -0.25) is 4.79 Å². The van der Waals surface area contributed by atoms with Gasteiger partial charge in [0.25, 0.3) is 0 Å². The van der Waals surface area contributed by atoms with E-state index in [0.717, 1.165) is 5.56 Å². The van der Waals surface area contributed by atoms with Gasteiger partial charge in [-0.25, -0.2) is 17.7 Å². The van der Waals surface area contributed by atoms with Crippen LogP contribution in [0.1, 0.15) is 30.4 Å². The second-order valence-corrected chi connectivity index (χ2v) is 10.3. The summed E-state index contributed by atoms with van der Waals surface area (Å²) in [6, 6.07) is 5.06. The molecule has 1 aromatic carbocycles. The molecule has 1 saturated carbocycles. The first-order valence-electron chi connectivity index (χ1n) is 10.4. The molecular weight excluding hydrogens is 461 g/mol. The molecule has 1 aromatic heterocycles. The molecule has 0 spiro atoms. The Bertz CT molecular complexity index is 1170. The van der Waals surface area contributed by atoms with Crippen LogP contribution >= 0.6 is 0 Å². The first kappa shape index (κ1) is 23.2. The van der Waals surface area contributed by atoms with E-state index in [2.05, 4.69) is 25.9 Å². The third-order valence-electron chi connectivity index (χ3n) is 5.40. The van der Waals surface area contributed by atoms with Crippen molar-refractivity contribution in [3.05, 3.63) is 35.5 Å². The van der Waals surface area contributed by atoms with Gasteiger partial charge >= 0.3 is 6.18 Å². The lowest BCUT2D eigenvalue weighted by Gasteiger charge is -2.18. The summed E-state index contributed by atoms with van der Waals surface area (Å²) in [5.74, 6) is -0.572. The van der Waals surface area contributed by atoms with Crippen molar-refractivity contribution in [2.45, 2.75) is 37.1 Å². The topological polar surface area (TPSA) is 116 Å². The number of amides is 1. The van der Waals surface area contributed by atoms with Crippen molar-refractivity contribution in [1.82, 2.24) is 14.3 Å². The van der Waals surface area contributed by atoms with Gasteiger partial charge in [-0.1, -0.05) is 0 Å². The second-order valence-electron chi connectivity index (χ2n) is 8.02. The Hall–Kier alpha value is -2.93. The van der Waals surface area contributed by atoms with Gasteiger partial charge in [0, 0.05) is 37.7 Å². The predicted octanol–water partition coefficient (Wildman–Crippen LogP) is 2.96. The third-order valence-corrected chi connectivity index (χ3v) is 7.77. The van der Waals surface area contributed by atoms with Crippen molar-refractivity contribution in [3.8, 4) is 0 Å². The zero-order valence-corrected chi connectivity index (χ0v) is 18.6. The minimum Gasteiger partial charge on any atom is -0.369 e. The molecule has 13 heteroatoms. The highest BCUT2D eigenvalue weighted by molar-refractivity contribution is 7.90. The number of alkyl halides is 3. The van der Waals surface area contributed by atoms with Crippen LogP contribution in [0.15, 0.2) is 24.4 Å². The zero-order chi connectivity index (χ0) is 23.8. The first-order valence-corrected chi connectivity index (χ1v) is 11.9. The molecule has 3 N–H and O–H groups in total. The maximum absolute atomic E-state index is 13.4. The molecule has 1 aliphatic carbocycles. The summed E-state index contributed by atoms with van der Waals surface area (Å²) in [5.41, 5.74) is 0.967. The van der Waals surface area contributed by atoms with E-state index in [1.807, 2.05) is 0 Å². The number of rotatable bonds is 9. The summed E-state index contributed by atoms with van der Waals surface area (Å²) in [5, 5.41) is 7.88. The van der Waals surface area contributed by atoms with Crippen molar-refractivity contribution in [1.29, 1.82) is 0 Å². The Balaban J connectivity index is 1.43. The number of nitrogens with zero attached hydrogens (tertiary/aromatic N) is 3. The molecule has 0 radical (unpaired) electrons. The van der Waals surface area contributed by atoms with Crippen LogP contribution in [0.4, 0.5) is 36.3 Å². The van der Waals surface area contributed by atoms with Crippen molar-refractivity contribution in [2.24, 2.45) is 0 Å². The lowest BCUT2D eigenvalue weighted by atomic mass is 10.1. The minimum atomic E-state index is -4.66.